The van der Waals surface area contributed by atoms with Crippen LogP contribution in [0.25, 0.3) is 10.9 Å². The van der Waals surface area contributed by atoms with Crippen LogP contribution in [0.4, 0.5) is 0 Å². The summed E-state index contributed by atoms with van der Waals surface area (Å²) >= 11 is 0. The molecule has 2 aromatic heterocycles. The SMILES string of the molecule is Cn1nnnc1Cc1ccc2c(c1)c(C1CNC1)cn2C. The molecular weight excluding hydrogens is 264 g/mol. The van der Waals surface area contributed by atoms with Crippen LogP contribution >= 0.6 is 0 Å². The maximum atomic E-state index is 4.07. The molecular formula is C15H18N6. The number of hydrogen-bond donors (Lipinski definition) is 1. The second-order valence-electron chi connectivity index (χ2n) is 5.80. The largest absolute Gasteiger partial charge is 0.350 e. The van der Waals surface area contributed by atoms with E-state index in [1.165, 1.54) is 22.0 Å². The number of aryl methyl sites for hydroxylation is 2. The summed E-state index contributed by atoms with van der Waals surface area (Å²) < 4.78 is 3.95. The lowest BCUT2D eigenvalue weighted by atomic mass is 9.92. The van der Waals surface area contributed by atoms with Crippen LogP contribution < -0.4 is 5.32 Å². The Morgan fingerprint density at radius 1 is 1.29 bits per heavy atom. The minimum absolute atomic E-state index is 0.639. The summed E-state index contributed by atoms with van der Waals surface area (Å²) in [6, 6.07) is 6.65. The first-order valence-electron chi connectivity index (χ1n) is 7.22. The zero-order valence-electron chi connectivity index (χ0n) is 12.2. The Hall–Kier alpha value is -2.21. The molecule has 0 aliphatic carbocycles. The lowest BCUT2D eigenvalue weighted by Crippen LogP contribution is -2.39. The van der Waals surface area contributed by atoms with E-state index in [-0.39, 0.29) is 0 Å². The third kappa shape index (κ3) is 2.03. The van der Waals surface area contributed by atoms with Gasteiger partial charge in [-0.25, -0.2) is 4.68 Å². The minimum Gasteiger partial charge on any atom is -0.350 e. The maximum absolute atomic E-state index is 4.07. The lowest BCUT2D eigenvalue weighted by molar-refractivity contribution is 0.450. The predicted molar refractivity (Wildman–Crippen MR) is 80.1 cm³/mol. The standard InChI is InChI=1S/C15H18N6/c1-20-9-13(11-7-16-8-11)12-5-10(3-4-14(12)20)6-15-17-18-19-21(15)2/h3-5,9,11,16H,6-8H2,1-2H3. The molecule has 1 saturated heterocycles. The molecule has 3 aromatic rings. The zero-order valence-corrected chi connectivity index (χ0v) is 12.2. The van der Waals surface area contributed by atoms with E-state index in [0.29, 0.717) is 5.92 Å². The van der Waals surface area contributed by atoms with E-state index in [9.17, 15) is 0 Å². The van der Waals surface area contributed by atoms with Crippen molar-refractivity contribution in [3.8, 4) is 0 Å². The lowest BCUT2D eigenvalue weighted by Gasteiger charge is -2.26. The molecule has 0 bridgehead atoms. The summed E-state index contributed by atoms with van der Waals surface area (Å²) in [4.78, 5) is 0. The second kappa shape index (κ2) is 4.66. The normalized spacial score (nSPS) is 15.5. The average molecular weight is 282 g/mol. The van der Waals surface area contributed by atoms with Gasteiger partial charge in [-0.1, -0.05) is 6.07 Å². The van der Waals surface area contributed by atoms with Gasteiger partial charge in [0, 0.05) is 56.6 Å². The van der Waals surface area contributed by atoms with Gasteiger partial charge in [0.25, 0.3) is 0 Å². The van der Waals surface area contributed by atoms with E-state index in [0.717, 1.165) is 25.3 Å². The van der Waals surface area contributed by atoms with Gasteiger partial charge in [0.05, 0.1) is 0 Å². The number of tetrazole rings is 1. The summed E-state index contributed by atoms with van der Waals surface area (Å²) in [6.45, 7) is 2.16. The van der Waals surface area contributed by atoms with Crippen LogP contribution in [0.3, 0.4) is 0 Å². The first kappa shape index (κ1) is 12.5. The van der Waals surface area contributed by atoms with Gasteiger partial charge in [0.15, 0.2) is 5.82 Å². The number of hydrogen-bond acceptors (Lipinski definition) is 4. The third-order valence-electron chi connectivity index (χ3n) is 4.38. The topological polar surface area (TPSA) is 60.6 Å². The Labute approximate surface area is 122 Å². The van der Waals surface area contributed by atoms with Gasteiger partial charge in [0.2, 0.25) is 0 Å². The van der Waals surface area contributed by atoms with Crippen molar-refractivity contribution in [3.05, 3.63) is 41.3 Å². The van der Waals surface area contributed by atoms with Crippen molar-refractivity contribution in [1.82, 2.24) is 30.1 Å². The number of rotatable bonds is 3. The van der Waals surface area contributed by atoms with Gasteiger partial charge >= 0.3 is 0 Å². The molecule has 1 aromatic carbocycles. The van der Waals surface area contributed by atoms with Crippen LogP contribution in [-0.4, -0.2) is 37.9 Å². The summed E-state index contributed by atoms with van der Waals surface area (Å²) in [5.41, 5.74) is 3.99. The fourth-order valence-corrected chi connectivity index (χ4v) is 2.99. The molecule has 0 unspecified atom stereocenters. The molecule has 21 heavy (non-hydrogen) atoms. The van der Waals surface area contributed by atoms with Gasteiger partial charge in [-0.05, 0) is 33.7 Å². The molecule has 3 heterocycles. The Bertz CT molecular complexity index is 796. The van der Waals surface area contributed by atoms with Crippen molar-refractivity contribution >= 4 is 10.9 Å². The highest BCUT2D eigenvalue weighted by molar-refractivity contribution is 5.85. The van der Waals surface area contributed by atoms with Gasteiger partial charge in [-0.15, -0.1) is 5.10 Å². The summed E-state index contributed by atoms with van der Waals surface area (Å²) in [7, 11) is 3.99. The molecule has 1 aliphatic rings. The van der Waals surface area contributed by atoms with E-state index >= 15 is 0 Å². The highest BCUT2D eigenvalue weighted by atomic mass is 15.5. The quantitative estimate of drug-likeness (QED) is 0.778. The Balaban J connectivity index is 1.76. The van der Waals surface area contributed by atoms with E-state index in [1.807, 2.05) is 7.05 Å². The summed E-state index contributed by atoms with van der Waals surface area (Å²) in [5.74, 6) is 1.53. The first-order valence-corrected chi connectivity index (χ1v) is 7.22. The number of benzene rings is 1. The highest BCUT2D eigenvalue weighted by Crippen LogP contribution is 2.30. The number of nitrogens with one attached hydrogen (secondary N) is 1. The molecule has 1 aliphatic heterocycles. The minimum atomic E-state index is 0.639. The van der Waals surface area contributed by atoms with Crippen LogP contribution in [0.1, 0.15) is 22.9 Å². The van der Waals surface area contributed by atoms with Gasteiger partial charge in [-0.3, -0.25) is 0 Å². The van der Waals surface area contributed by atoms with Crippen molar-refractivity contribution in [2.75, 3.05) is 13.1 Å². The molecule has 4 rings (SSSR count). The van der Waals surface area contributed by atoms with Gasteiger partial charge in [0.1, 0.15) is 0 Å². The Kier molecular flexibility index (Phi) is 2.78. The van der Waals surface area contributed by atoms with Crippen LogP contribution in [0, 0.1) is 0 Å². The molecule has 108 valence electrons. The van der Waals surface area contributed by atoms with Crippen molar-refractivity contribution < 1.29 is 0 Å². The first-order chi connectivity index (χ1) is 10.2. The molecule has 0 amide bonds. The smallest absolute Gasteiger partial charge is 0.155 e. The second-order valence-corrected chi connectivity index (χ2v) is 5.80. The van der Waals surface area contributed by atoms with Crippen molar-refractivity contribution in [1.29, 1.82) is 0 Å². The van der Waals surface area contributed by atoms with E-state index in [1.54, 1.807) is 4.68 Å². The van der Waals surface area contributed by atoms with Gasteiger partial charge in [-0.2, -0.15) is 0 Å². The summed E-state index contributed by atoms with van der Waals surface area (Å²) in [6.07, 6.45) is 3.03. The number of aromatic nitrogens is 5. The third-order valence-corrected chi connectivity index (χ3v) is 4.38. The number of nitrogens with zero attached hydrogens (tertiary/aromatic N) is 5. The van der Waals surface area contributed by atoms with E-state index in [4.69, 9.17) is 0 Å². The Morgan fingerprint density at radius 3 is 2.81 bits per heavy atom. The molecule has 1 fully saturated rings. The molecule has 1 N–H and O–H groups in total. The molecule has 6 nitrogen and oxygen atoms in total. The van der Waals surface area contributed by atoms with Crippen LogP contribution in [0.5, 0.6) is 0 Å². The maximum Gasteiger partial charge on any atom is 0.155 e. The van der Waals surface area contributed by atoms with Crippen molar-refractivity contribution in [2.24, 2.45) is 14.1 Å². The zero-order chi connectivity index (χ0) is 14.4. The number of fused-ring (bicyclic) bond motifs is 1. The fourth-order valence-electron chi connectivity index (χ4n) is 2.99. The van der Waals surface area contributed by atoms with Crippen LogP contribution in [0.15, 0.2) is 24.4 Å². The molecule has 0 saturated carbocycles. The fraction of sp³-hybridized carbons (Fsp3) is 0.400. The van der Waals surface area contributed by atoms with Crippen LogP contribution in [-0.2, 0) is 20.5 Å². The average Bonchev–Trinajstić information content (AvgIpc) is 2.94. The Morgan fingerprint density at radius 2 is 2.14 bits per heavy atom. The van der Waals surface area contributed by atoms with E-state index < -0.39 is 0 Å². The van der Waals surface area contributed by atoms with Crippen LogP contribution in [0.2, 0.25) is 0 Å². The molecule has 0 atom stereocenters. The molecule has 0 radical (unpaired) electrons. The van der Waals surface area contributed by atoms with Gasteiger partial charge < -0.3 is 9.88 Å². The van der Waals surface area contributed by atoms with E-state index in [2.05, 4.69) is 56.9 Å². The highest BCUT2D eigenvalue weighted by Gasteiger charge is 2.22. The molecule has 6 heteroatoms. The van der Waals surface area contributed by atoms with Crippen molar-refractivity contribution in [2.45, 2.75) is 12.3 Å². The monoisotopic (exact) mass is 282 g/mol. The van der Waals surface area contributed by atoms with Crippen molar-refractivity contribution in [3.63, 3.8) is 0 Å². The molecule has 0 spiro atoms. The summed E-state index contributed by atoms with van der Waals surface area (Å²) in [5, 5.41) is 16.4. The predicted octanol–water partition coefficient (Wildman–Crippen LogP) is 0.979.